The maximum atomic E-state index is 11.1. The van der Waals surface area contributed by atoms with E-state index in [9.17, 15) is 4.79 Å². The first-order chi connectivity index (χ1) is 5.70. The molecule has 4 heteroatoms. The van der Waals surface area contributed by atoms with Gasteiger partial charge in [-0.05, 0) is 19.3 Å². The zero-order chi connectivity index (χ0) is 8.97. The number of hydrogen-bond donors (Lipinski definition) is 1. The lowest BCUT2D eigenvalue weighted by Gasteiger charge is -2.14. The van der Waals surface area contributed by atoms with Crippen LogP contribution in [0.2, 0.25) is 0 Å². The Morgan fingerprint density at radius 1 is 1.67 bits per heavy atom. The molecule has 0 aromatic heterocycles. The van der Waals surface area contributed by atoms with Crippen LogP contribution in [0.3, 0.4) is 0 Å². The lowest BCUT2D eigenvalue weighted by atomic mass is 10.3. The molecule has 1 rings (SSSR count). The largest absolute Gasteiger partial charge is 0.393 e. The van der Waals surface area contributed by atoms with Crippen LogP contribution in [0.1, 0.15) is 25.7 Å². The fourth-order valence-corrected chi connectivity index (χ4v) is 1.53. The number of amides is 1. The van der Waals surface area contributed by atoms with E-state index in [-0.39, 0.29) is 5.91 Å². The van der Waals surface area contributed by atoms with Crippen molar-refractivity contribution < 1.29 is 4.79 Å². The number of thiocarbonyl (C=S) groups is 1. The van der Waals surface area contributed by atoms with Gasteiger partial charge in [-0.2, -0.15) is 0 Å². The molecular weight excluding hydrogens is 172 g/mol. The number of hydrogen-bond acceptors (Lipinski definition) is 2. The van der Waals surface area contributed by atoms with Crippen LogP contribution in [0, 0.1) is 0 Å². The molecule has 1 amide bonds. The van der Waals surface area contributed by atoms with Crippen LogP contribution in [-0.2, 0) is 4.79 Å². The van der Waals surface area contributed by atoms with E-state index in [0.717, 1.165) is 32.4 Å². The van der Waals surface area contributed by atoms with Gasteiger partial charge < -0.3 is 10.6 Å². The van der Waals surface area contributed by atoms with E-state index >= 15 is 0 Å². The van der Waals surface area contributed by atoms with Gasteiger partial charge in [0.2, 0.25) is 5.91 Å². The van der Waals surface area contributed by atoms with Crippen molar-refractivity contribution in [3.63, 3.8) is 0 Å². The quantitative estimate of drug-likeness (QED) is 0.657. The van der Waals surface area contributed by atoms with Crippen LogP contribution in [-0.4, -0.2) is 28.9 Å². The van der Waals surface area contributed by atoms with Gasteiger partial charge in [-0.1, -0.05) is 12.2 Å². The second-order valence-electron chi connectivity index (χ2n) is 3.05. The molecule has 3 nitrogen and oxygen atoms in total. The summed E-state index contributed by atoms with van der Waals surface area (Å²) in [4.78, 5) is 13.5. The Balaban J connectivity index is 2.14. The molecule has 0 aromatic carbocycles. The molecule has 1 aliphatic heterocycles. The molecule has 0 aliphatic carbocycles. The van der Waals surface area contributed by atoms with E-state index in [4.69, 9.17) is 18.0 Å². The molecule has 0 bridgehead atoms. The van der Waals surface area contributed by atoms with Crippen LogP contribution >= 0.6 is 12.2 Å². The van der Waals surface area contributed by atoms with Crippen LogP contribution < -0.4 is 5.73 Å². The van der Waals surface area contributed by atoms with Crippen LogP contribution in [0.5, 0.6) is 0 Å². The fourth-order valence-electron chi connectivity index (χ4n) is 1.38. The number of nitrogens with two attached hydrogens (primary N) is 1. The van der Waals surface area contributed by atoms with E-state index < -0.39 is 0 Å². The van der Waals surface area contributed by atoms with Gasteiger partial charge >= 0.3 is 0 Å². The summed E-state index contributed by atoms with van der Waals surface area (Å²) in [6.07, 6.45) is 3.37. The highest BCUT2D eigenvalue weighted by molar-refractivity contribution is 7.80. The summed E-state index contributed by atoms with van der Waals surface area (Å²) < 4.78 is 0. The first-order valence-electron chi connectivity index (χ1n) is 4.26. The Labute approximate surface area is 77.9 Å². The zero-order valence-corrected chi connectivity index (χ0v) is 7.90. The number of carbonyl (C=O) groups is 1. The summed E-state index contributed by atoms with van der Waals surface area (Å²) in [5, 5.41) is 0. The van der Waals surface area contributed by atoms with E-state index in [1.54, 1.807) is 0 Å². The van der Waals surface area contributed by atoms with Gasteiger partial charge in [0.1, 0.15) is 0 Å². The average Bonchev–Trinajstić information content (AvgIpc) is 2.36. The molecule has 0 unspecified atom stereocenters. The Hall–Kier alpha value is -0.640. The van der Waals surface area contributed by atoms with E-state index in [0.29, 0.717) is 11.4 Å². The summed E-state index contributed by atoms with van der Waals surface area (Å²) in [7, 11) is 0. The Kier molecular flexibility index (Phi) is 3.47. The summed E-state index contributed by atoms with van der Waals surface area (Å²) in [6.45, 7) is 1.73. The van der Waals surface area contributed by atoms with Gasteiger partial charge in [-0.15, -0.1) is 0 Å². The van der Waals surface area contributed by atoms with Gasteiger partial charge in [0.05, 0.1) is 4.99 Å². The fraction of sp³-hybridized carbons (Fsp3) is 0.750. The predicted molar refractivity (Wildman–Crippen MR) is 51.8 cm³/mol. The summed E-state index contributed by atoms with van der Waals surface area (Å²) >= 11 is 4.74. The van der Waals surface area contributed by atoms with Gasteiger partial charge in [0.15, 0.2) is 0 Å². The van der Waals surface area contributed by atoms with Crippen LogP contribution in [0.4, 0.5) is 0 Å². The highest BCUT2D eigenvalue weighted by Crippen LogP contribution is 2.10. The van der Waals surface area contributed by atoms with Gasteiger partial charge in [0.25, 0.3) is 0 Å². The third-order valence-electron chi connectivity index (χ3n) is 2.02. The molecule has 1 fully saturated rings. The summed E-state index contributed by atoms with van der Waals surface area (Å²) in [5.41, 5.74) is 5.34. The normalized spacial score (nSPS) is 17.0. The number of nitrogens with zero attached hydrogens (tertiary/aromatic N) is 1. The number of rotatable bonds is 4. The molecule has 0 aromatic rings. The van der Waals surface area contributed by atoms with Crippen molar-refractivity contribution in [3.8, 4) is 0 Å². The van der Waals surface area contributed by atoms with Crippen molar-refractivity contribution in [2.24, 2.45) is 5.73 Å². The van der Waals surface area contributed by atoms with Crippen LogP contribution in [0.25, 0.3) is 0 Å². The molecule has 0 radical (unpaired) electrons. The number of carbonyl (C=O) groups excluding carboxylic acids is 1. The number of likely N-dealkylation sites (tertiary alicyclic amines) is 1. The third kappa shape index (κ3) is 2.77. The second kappa shape index (κ2) is 4.40. The molecule has 68 valence electrons. The molecule has 0 spiro atoms. The molecule has 0 saturated carbocycles. The lowest BCUT2D eigenvalue weighted by molar-refractivity contribution is -0.127. The maximum Gasteiger partial charge on any atom is 0.222 e. The smallest absolute Gasteiger partial charge is 0.222 e. The Morgan fingerprint density at radius 2 is 2.42 bits per heavy atom. The first-order valence-corrected chi connectivity index (χ1v) is 4.67. The minimum Gasteiger partial charge on any atom is -0.393 e. The zero-order valence-electron chi connectivity index (χ0n) is 7.08. The van der Waals surface area contributed by atoms with Crippen molar-refractivity contribution in [3.05, 3.63) is 0 Å². The molecular formula is C8H14N2OS. The third-order valence-corrected chi connectivity index (χ3v) is 2.23. The molecule has 0 atom stereocenters. The van der Waals surface area contributed by atoms with Gasteiger partial charge in [0, 0.05) is 19.5 Å². The van der Waals surface area contributed by atoms with E-state index in [2.05, 4.69) is 0 Å². The maximum absolute atomic E-state index is 11.1. The second-order valence-corrected chi connectivity index (χ2v) is 3.58. The van der Waals surface area contributed by atoms with Gasteiger partial charge in [-0.3, -0.25) is 4.79 Å². The molecule has 1 aliphatic rings. The molecule has 2 N–H and O–H groups in total. The minimum absolute atomic E-state index is 0.276. The molecule has 1 heterocycles. The standard InChI is InChI=1S/C8H14N2OS/c9-7(12)3-1-5-10-6-2-4-8(10)11/h1-6H2,(H2,9,12). The van der Waals surface area contributed by atoms with Crippen molar-refractivity contribution >= 4 is 23.1 Å². The summed E-state index contributed by atoms with van der Waals surface area (Å²) in [6, 6.07) is 0. The van der Waals surface area contributed by atoms with E-state index in [1.807, 2.05) is 4.90 Å². The van der Waals surface area contributed by atoms with Crippen molar-refractivity contribution in [1.29, 1.82) is 0 Å². The lowest BCUT2D eigenvalue weighted by Crippen LogP contribution is -2.26. The minimum atomic E-state index is 0.276. The van der Waals surface area contributed by atoms with Crippen LogP contribution in [0.15, 0.2) is 0 Å². The average molecular weight is 186 g/mol. The first kappa shape index (κ1) is 9.45. The predicted octanol–water partition coefficient (Wildman–Crippen LogP) is 0.675. The van der Waals surface area contributed by atoms with Gasteiger partial charge in [-0.25, -0.2) is 0 Å². The van der Waals surface area contributed by atoms with Crippen molar-refractivity contribution in [2.45, 2.75) is 25.7 Å². The summed E-state index contributed by atoms with van der Waals surface area (Å²) in [5.74, 6) is 0.276. The topological polar surface area (TPSA) is 46.3 Å². The molecule has 12 heavy (non-hydrogen) atoms. The highest BCUT2D eigenvalue weighted by atomic mass is 32.1. The molecule has 1 saturated heterocycles. The van der Waals surface area contributed by atoms with E-state index in [1.165, 1.54) is 0 Å². The highest BCUT2D eigenvalue weighted by Gasteiger charge is 2.18. The van der Waals surface area contributed by atoms with Crippen molar-refractivity contribution in [2.75, 3.05) is 13.1 Å². The monoisotopic (exact) mass is 186 g/mol. The Bertz CT molecular complexity index is 193. The van der Waals surface area contributed by atoms with Crippen molar-refractivity contribution in [1.82, 2.24) is 4.90 Å². The SMILES string of the molecule is NC(=S)CCCN1CCCC1=O. The Morgan fingerprint density at radius 3 is 2.92 bits per heavy atom.